The highest BCUT2D eigenvalue weighted by Crippen LogP contribution is 2.40. The molecule has 4 N–H and O–H groups in total. The lowest BCUT2D eigenvalue weighted by atomic mass is 10.0. The molecule has 2 aromatic rings. The molecule has 2 atom stereocenters. The number of nitrogen functional groups attached to an aromatic ring is 1. The second kappa shape index (κ2) is 9.54. The quantitative estimate of drug-likeness (QED) is 0.174. The minimum atomic E-state index is -1.17. The molecule has 1 unspecified atom stereocenters. The molecule has 5 rings (SSSR count). The van der Waals surface area contributed by atoms with Crippen molar-refractivity contribution >= 4 is 51.9 Å². The number of carboxylic acids is 1. The number of aliphatic carboxylic acids is 1. The predicted molar refractivity (Wildman–Crippen MR) is 130 cm³/mol. The van der Waals surface area contributed by atoms with Gasteiger partial charge >= 0.3 is 5.97 Å². The van der Waals surface area contributed by atoms with Gasteiger partial charge < -0.3 is 21.0 Å². The van der Waals surface area contributed by atoms with Crippen LogP contribution in [0.25, 0.3) is 0 Å². The van der Waals surface area contributed by atoms with E-state index in [0.29, 0.717) is 17.9 Å². The molecule has 0 radical (unpaired) electrons. The van der Waals surface area contributed by atoms with E-state index in [2.05, 4.69) is 30.7 Å². The molecule has 36 heavy (non-hydrogen) atoms. The van der Waals surface area contributed by atoms with E-state index in [1.165, 1.54) is 27.9 Å². The number of rotatable bonds is 8. The zero-order chi connectivity index (χ0) is 25.6. The van der Waals surface area contributed by atoms with E-state index >= 15 is 0 Å². The number of hydrogen-bond acceptors (Lipinski definition) is 10. The van der Waals surface area contributed by atoms with Crippen LogP contribution >= 0.6 is 23.3 Å². The third-order valence-electron chi connectivity index (χ3n) is 6.35. The van der Waals surface area contributed by atoms with E-state index in [4.69, 9.17) is 10.6 Å². The zero-order valence-corrected chi connectivity index (χ0v) is 21.3. The molecule has 0 spiro atoms. The molecule has 2 amide bonds. The first-order valence-corrected chi connectivity index (χ1v) is 13.2. The maximum absolute atomic E-state index is 13.1. The van der Waals surface area contributed by atoms with Gasteiger partial charge in [-0.05, 0) is 26.2 Å². The molecule has 15 heteroatoms. The Morgan fingerprint density at radius 2 is 2.22 bits per heavy atom. The Morgan fingerprint density at radius 1 is 1.42 bits per heavy atom. The lowest BCUT2D eigenvalue weighted by molar-refractivity contribution is -0.767. The average Bonchev–Trinajstić information content (AvgIpc) is 3.56. The largest absolute Gasteiger partial charge is 0.477 e. The summed E-state index contributed by atoms with van der Waals surface area (Å²) in [5.74, 6) is -1.98. The van der Waals surface area contributed by atoms with Gasteiger partial charge in [0.05, 0.1) is 12.7 Å². The van der Waals surface area contributed by atoms with Gasteiger partial charge in [-0.1, -0.05) is 5.16 Å². The van der Waals surface area contributed by atoms with E-state index in [9.17, 15) is 19.5 Å². The van der Waals surface area contributed by atoms with E-state index in [1.807, 2.05) is 11.7 Å². The van der Waals surface area contributed by atoms with Crippen molar-refractivity contribution in [3.63, 3.8) is 0 Å². The van der Waals surface area contributed by atoms with Crippen LogP contribution in [-0.2, 0) is 45.7 Å². The topological polar surface area (TPSA) is 169 Å². The van der Waals surface area contributed by atoms with Crippen molar-refractivity contribution in [3.05, 3.63) is 34.5 Å². The molecule has 0 bridgehead atoms. The lowest BCUT2D eigenvalue weighted by Gasteiger charge is -2.49. The Balaban J connectivity index is 1.35. The van der Waals surface area contributed by atoms with Gasteiger partial charge in [0.2, 0.25) is 11.5 Å². The molecule has 13 nitrogen and oxygen atoms in total. The van der Waals surface area contributed by atoms with Gasteiger partial charge in [-0.15, -0.1) is 16.4 Å². The molecule has 2 aliphatic heterocycles. The molecule has 2 aromatic heterocycles. The van der Waals surface area contributed by atoms with Crippen molar-refractivity contribution in [1.82, 2.24) is 24.3 Å². The minimum absolute atomic E-state index is 0.0109. The summed E-state index contributed by atoms with van der Waals surface area (Å²) >= 11 is 2.31. The van der Waals surface area contributed by atoms with Gasteiger partial charge in [-0.3, -0.25) is 14.5 Å². The van der Waals surface area contributed by atoms with Crippen LogP contribution in [0.3, 0.4) is 0 Å². The number of hydrogen-bond donors (Lipinski definition) is 3. The van der Waals surface area contributed by atoms with Crippen molar-refractivity contribution in [2.75, 3.05) is 18.1 Å². The first kappa shape index (κ1) is 24.2. The van der Waals surface area contributed by atoms with Crippen molar-refractivity contribution in [3.8, 4) is 0 Å². The van der Waals surface area contributed by atoms with Crippen molar-refractivity contribution in [2.45, 2.75) is 44.1 Å². The number of thioether (sulfide) groups is 1. The maximum atomic E-state index is 13.1. The summed E-state index contributed by atoms with van der Waals surface area (Å²) in [5.41, 5.74) is 8.57. The first-order valence-electron chi connectivity index (χ1n) is 11.4. The zero-order valence-electron chi connectivity index (χ0n) is 19.6. The van der Waals surface area contributed by atoms with Crippen LogP contribution < -0.4 is 15.7 Å². The van der Waals surface area contributed by atoms with Gasteiger partial charge in [0.25, 0.3) is 11.8 Å². The number of fused-ring (bicyclic) bond motifs is 2. The maximum Gasteiger partial charge on any atom is 0.352 e. The summed E-state index contributed by atoms with van der Waals surface area (Å²) in [5, 5.41) is 16.0. The standard InChI is InChI=1S/C21H24N8O5S2/c1-3-34-25-13(16-24-21(22)36-26-16)17(30)23-14-18(31)29-15(20(32)33)11(9-35-19(14)29)8-28-7-10-5-4-6-12(10)27(28)2/h7,14,19H,3-6,8-9H2,1-2H3,(H3-,22,23,24,26,30,32,33)/p+1/t14?,19-/m1/s1. The van der Waals surface area contributed by atoms with Gasteiger partial charge in [0, 0.05) is 28.4 Å². The molecule has 4 heterocycles. The monoisotopic (exact) mass is 533 g/mol. The summed E-state index contributed by atoms with van der Waals surface area (Å²) in [6.07, 6.45) is 5.20. The highest BCUT2D eigenvalue weighted by molar-refractivity contribution is 8.00. The third-order valence-corrected chi connectivity index (χ3v) is 8.24. The number of oxime groups is 1. The summed E-state index contributed by atoms with van der Waals surface area (Å²) in [6, 6.07) is -0.923. The molecule has 1 saturated heterocycles. The number of anilines is 1. The Morgan fingerprint density at radius 3 is 2.89 bits per heavy atom. The van der Waals surface area contributed by atoms with Crippen LogP contribution in [0.2, 0.25) is 0 Å². The molecule has 190 valence electrons. The van der Waals surface area contributed by atoms with E-state index in [1.54, 1.807) is 6.92 Å². The van der Waals surface area contributed by atoms with Crippen LogP contribution in [0.15, 0.2) is 22.6 Å². The van der Waals surface area contributed by atoms with Crippen LogP contribution in [-0.4, -0.2) is 71.3 Å². The van der Waals surface area contributed by atoms with Gasteiger partial charge in [0.15, 0.2) is 17.9 Å². The number of amides is 2. The lowest BCUT2D eigenvalue weighted by Crippen LogP contribution is -2.71. The molecular weight excluding hydrogens is 508 g/mol. The van der Waals surface area contributed by atoms with Gasteiger partial charge in [-0.2, -0.15) is 14.0 Å². The van der Waals surface area contributed by atoms with Crippen molar-refractivity contribution in [1.29, 1.82) is 0 Å². The molecule has 1 aliphatic carbocycles. The number of β-lactam (4-membered cyclic amide) rings is 1. The number of carbonyl (C=O) groups is 3. The molecule has 1 fully saturated rings. The number of aryl methyl sites for hydroxylation is 1. The molecule has 3 aliphatic rings. The van der Waals surface area contributed by atoms with Crippen LogP contribution in [0.1, 0.15) is 30.4 Å². The molecule has 0 saturated carbocycles. The highest BCUT2D eigenvalue weighted by atomic mass is 32.2. The minimum Gasteiger partial charge on any atom is -0.477 e. The summed E-state index contributed by atoms with van der Waals surface area (Å²) in [6.45, 7) is 2.28. The van der Waals surface area contributed by atoms with E-state index in [0.717, 1.165) is 30.8 Å². The van der Waals surface area contributed by atoms with E-state index < -0.39 is 29.2 Å². The summed E-state index contributed by atoms with van der Waals surface area (Å²) in [4.78, 5) is 48.5. The fourth-order valence-electron chi connectivity index (χ4n) is 4.69. The summed E-state index contributed by atoms with van der Waals surface area (Å²) < 4.78 is 8.05. The average molecular weight is 534 g/mol. The number of aromatic nitrogens is 4. The fourth-order valence-corrected chi connectivity index (χ4v) is 6.46. The molecular formula is C21H25N8O5S2+. The third kappa shape index (κ3) is 4.11. The van der Waals surface area contributed by atoms with Crippen LogP contribution in [0.5, 0.6) is 0 Å². The Hall–Kier alpha value is -3.46. The Bertz CT molecular complexity index is 1320. The van der Waals surface area contributed by atoms with Crippen molar-refractivity contribution in [2.24, 2.45) is 12.2 Å². The molecule has 0 aromatic carbocycles. The van der Waals surface area contributed by atoms with Crippen LogP contribution in [0.4, 0.5) is 5.13 Å². The first-order chi connectivity index (χ1) is 17.3. The Kier molecular flexibility index (Phi) is 6.42. The second-order valence-corrected chi connectivity index (χ2v) is 10.4. The SMILES string of the molecule is CCON=C(C(=O)NC1C(=O)N2C(C(=O)O)=C(C[n+]3cc4c(n3C)CCC4)CS[C@H]12)c1nsc(N)n1. The smallest absolute Gasteiger partial charge is 0.352 e. The van der Waals surface area contributed by atoms with Crippen molar-refractivity contribution < 1.29 is 29.0 Å². The Labute approximate surface area is 214 Å². The number of nitrogens with one attached hydrogen (secondary N) is 1. The number of carboxylic acid groups (broad SMARTS) is 1. The number of nitrogens with two attached hydrogens (primary N) is 1. The van der Waals surface area contributed by atoms with E-state index in [-0.39, 0.29) is 29.0 Å². The fraction of sp³-hybridized carbons (Fsp3) is 0.476. The number of nitrogens with zero attached hydrogens (tertiary/aromatic N) is 6. The summed E-state index contributed by atoms with van der Waals surface area (Å²) in [7, 11) is 1.97. The van der Waals surface area contributed by atoms with Gasteiger partial charge in [-0.25, -0.2) is 4.79 Å². The predicted octanol–water partition coefficient (Wildman–Crippen LogP) is -0.586. The second-order valence-electron chi connectivity index (χ2n) is 8.51. The normalized spacial score (nSPS) is 21.2. The number of carbonyl (C=O) groups excluding carboxylic acids is 2. The van der Waals surface area contributed by atoms with Gasteiger partial charge in [0.1, 0.15) is 23.7 Å². The van der Waals surface area contributed by atoms with Crippen LogP contribution in [0, 0.1) is 0 Å². The highest BCUT2D eigenvalue weighted by Gasteiger charge is 2.55.